The van der Waals surface area contributed by atoms with Crippen molar-refractivity contribution in [3.05, 3.63) is 146 Å². The number of aliphatic hydroxyl groups is 2. The lowest BCUT2D eigenvalue weighted by Crippen LogP contribution is -2.45. The summed E-state index contributed by atoms with van der Waals surface area (Å²) in [5, 5.41) is 23.1. The molecule has 2 atom stereocenters. The molecule has 0 aliphatic rings. The van der Waals surface area contributed by atoms with Crippen LogP contribution in [0.15, 0.2) is 146 Å². The van der Waals surface area contributed by atoms with E-state index in [1.165, 1.54) is 109 Å². The Hall–Kier alpha value is -3.73. The number of carbonyl (C=O) groups excluding carboxylic acids is 1. The van der Waals surface area contributed by atoms with Crippen LogP contribution in [0.2, 0.25) is 0 Å². The number of nitrogens with one attached hydrogen (secondary N) is 1. The third-order valence-electron chi connectivity index (χ3n) is 11.8. The second kappa shape index (κ2) is 57.6. The number of hydrogen-bond acceptors (Lipinski definition) is 3. The highest BCUT2D eigenvalue weighted by molar-refractivity contribution is 5.76. The first-order valence-corrected chi connectivity index (χ1v) is 28.0. The Morgan fingerprint density at radius 3 is 1.03 bits per heavy atom. The Morgan fingerprint density at radius 2 is 0.662 bits per heavy atom. The van der Waals surface area contributed by atoms with Crippen LogP contribution in [0.1, 0.15) is 232 Å². The van der Waals surface area contributed by atoms with E-state index >= 15 is 0 Å². The molecule has 0 saturated carbocycles. The van der Waals surface area contributed by atoms with Crippen LogP contribution < -0.4 is 5.32 Å². The van der Waals surface area contributed by atoms with Gasteiger partial charge in [0.15, 0.2) is 0 Å². The lowest BCUT2D eigenvalue weighted by Gasteiger charge is -2.19. The largest absolute Gasteiger partial charge is 0.394 e. The molecule has 68 heavy (non-hydrogen) atoms. The summed E-state index contributed by atoms with van der Waals surface area (Å²) in [6.45, 7) is 4.17. The standard InChI is InChI=1S/C64H105NO3/c1-3-5-7-9-11-13-15-17-19-21-23-25-27-28-29-30-31-32-33-34-35-36-38-40-42-44-46-48-50-52-54-56-58-60-64(68)65-62(61-66)63(67)59-57-55-53-51-49-47-45-43-41-39-37-26-24-22-20-18-16-14-12-10-8-6-4-2/h5,7,11,13,17,19,23,25,28-29,31-32,34-35,38,40,44,46,49-52,57,59,62-63,66-67H,3-4,6,8-10,12,14-16,18,20-22,24,26-27,30,33,36-37,39,41-43,45,47-48,53-56,58,60-61H2,1-2H3,(H,65,68)/b7-5-,13-11-,19-17-,25-23-,29-28-,32-31-,35-34-,40-38-,46-44-,51-49+,52-50-,59-57+. The molecule has 4 heteroatoms. The average molecular weight is 937 g/mol. The fourth-order valence-electron chi connectivity index (χ4n) is 7.57. The van der Waals surface area contributed by atoms with Crippen LogP contribution in [0.25, 0.3) is 0 Å². The van der Waals surface area contributed by atoms with E-state index in [0.29, 0.717) is 6.42 Å². The minimum Gasteiger partial charge on any atom is -0.394 e. The van der Waals surface area contributed by atoms with Crippen LogP contribution in [-0.4, -0.2) is 34.9 Å². The van der Waals surface area contributed by atoms with E-state index in [1.54, 1.807) is 6.08 Å². The van der Waals surface area contributed by atoms with E-state index < -0.39 is 12.1 Å². The topological polar surface area (TPSA) is 69.6 Å². The number of carbonyl (C=O) groups is 1. The van der Waals surface area contributed by atoms with Gasteiger partial charge >= 0.3 is 0 Å². The Kier molecular flexibility index (Phi) is 54.4. The van der Waals surface area contributed by atoms with Gasteiger partial charge < -0.3 is 15.5 Å². The van der Waals surface area contributed by atoms with Gasteiger partial charge in [-0.3, -0.25) is 4.79 Å². The monoisotopic (exact) mass is 936 g/mol. The minimum atomic E-state index is -0.893. The molecule has 0 aliphatic carbocycles. The van der Waals surface area contributed by atoms with Gasteiger partial charge in [0.05, 0.1) is 18.8 Å². The van der Waals surface area contributed by atoms with Gasteiger partial charge in [-0.05, 0) is 109 Å². The van der Waals surface area contributed by atoms with E-state index in [4.69, 9.17) is 0 Å². The van der Waals surface area contributed by atoms with Gasteiger partial charge in [0, 0.05) is 6.42 Å². The maximum absolute atomic E-state index is 12.5. The van der Waals surface area contributed by atoms with E-state index in [2.05, 4.69) is 153 Å². The first-order chi connectivity index (χ1) is 33.7. The van der Waals surface area contributed by atoms with E-state index in [9.17, 15) is 15.0 Å². The molecule has 0 fully saturated rings. The van der Waals surface area contributed by atoms with Gasteiger partial charge in [0.2, 0.25) is 5.91 Å². The summed E-state index contributed by atoms with van der Waals surface area (Å²) in [7, 11) is 0. The number of hydrogen-bond donors (Lipinski definition) is 3. The molecule has 3 N–H and O–H groups in total. The van der Waals surface area contributed by atoms with Crippen LogP contribution >= 0.6 is 0 Å². The van der Waals surface area contributed by atoms with Crippen molar-refractivity contribution in [2.45, 2.75) is 244 Å². The molecule has 2 unspecified atom stereocenters. The van der Waals surface area contributed by atoms with Crippen molar-refractivity contribution < 1.29 is 15.0 Å². The fourth-order valence-corrected chi connectivity index (χ4v) is 7.57. The fraction of sp³-hybridized carbons (Fsp3) is 0.609. The van der Waals surface area contributed by atoms with Gasteiger partial charge in [0.25, 0.3) is 0 Å². The average Bonchev–Trinajstić information content (AvgIpc) is 3.34. The summed E-state index contributed by atoms with van der Waals surface area (Å²) >= 11 is 0. The molecule has 0 aliphatic heterocycles. The number of unbranched alkanes of at least 4 members (excludes halogenated alkanes) is 20. The van der Waals surface area contributed by atoms with Crippen LogP contribution in [0, 0.1) is 0 Å². The third-order valence-corrected chi connectivity index (χ3v) is 11.8. The summed E-state index contributed by atoms with van der Waals surface area (Å²) in [6.07, 6.45) is 91.4. The normalized spacial score (nSPS) is 14.0. The van der Waals surface area contributed by atoms with Crippen LogP contribution in [-0.2, 0) is 4.79 Å². The smallest absolute Gasteiger partial charge is 0.220 e. The van der Waals surface area contributed by atoms with Gasteiger partial charge in [0.1, 0.15) is 0 Å². The maximum Gasteiger partial charge on any atom is 0.220 e. The number of rotatable bonds is 49. The van der Waals surface area contributed by atoms with Gasteiger partial charge in [-0.15, -0.1) is 0 Å². The minimum absolute atomic E-state index is 0.121. The van der Waals surface area contributed by atoms with Crippen LogP contribution in [0.4, 0.5) is 0 Å². The van der Waals surface area contributed by atoms with E-state index in [0.717, 1.165) is 103 Å². The molecule has 0 saturated heterocycles. The van der Waals surface area contributed by atoms with Gasteiger partial charge in [-0.2, -0.15) is 0 Å². The van der Waals surface area contributed by atoms with E-state index in [1.807, 2.05) is 6.08 Å². The zero-order chi connectivity index (χ0) is 49.2. The Morgan fingerprint density at radius 1 is 0.368 bits per heavy atom. The second-order valence-electron chi connectivity index (χ2n) is 18.3. The molecule has 1 amide bonds. The zero-order valence-corrected chi connectivity index (χ0v) is 44.1. The molecule has 0 aromatic heterocycles. The summed E-state index contributed by atoms with van der Waals surface area (Å²) < 4.78 is 0. The summed E-state index contributed by atoms with van der Waals surface area (Å²) in [6, 6.07) is -0.675. The number of amides is 1. The predicted molar refractivity (Wildman–Crippen MR) is 303 cm³/mol. The summed E-state index contributed by atoms with van der Waals surface area (Å²) in [5.41, 5.74) is 0. The molecule has 0 rings (SSSR count). The van der Waals surface area contributed by atoms with Gasteiger partial charge in [-0.1, -0.05) is 262 Å². The Labute approximate surface area is 421 Å². The molecule has 0 heterocycles. The highest BCUT2D eigenvalue weighted by atomic mass is 16.3. The van der Waals surface area contributed by atoms with Crippen LogP contribution in [0.5, 0.6) is 0 Å². The second-order valence-corrected chi connectivity index (χ2v) is 18.3. The van der Waals surface area contributed by atoms with Crippen molar-refractivity contribution in [2.24, 2.45) is 0 Å². The quantitative estimate of drug-likeness (QED) is 0.0420. The SMILES string of the molecule is CC/C=C\C/C=C\C/C=C\C/C=C\C/C=C\C/C=C\C/C=C\C/C=C\C/C=C\C/C=C\CCCCC(=O)NC(CO)C(O)/C=C/CC/C=C/CCCCCCCCCCCCCCCCCCC. The van der Waals surface area contributed by atoms with Crippen molar-refractivity contribution in [2.75, 3.05) is 6.61 Å². The summed E-state index contributed by atoms with van der Waals surface area (Å²) in [4.78, 5) is 12.5. The molecule has 4 nitrogen and oxygen atoms in total. The summed E-state index contributed by atoms with van der Waals surface area (Å²) in [5.74, 6) is -0.121. The highest BCUT2D eigenvalue weighted by Gasteiger charge is 2.17. The zero-order valence-electron chi connectivity index (χ0n) is 44.1. The first-order valence-electron chi connectivity index (χ1n) is 28.0. The Balaban J connectivity index is 3.74. The van der Waals surface area contributed by atoms with Crippen molar-refractivity contribution in [1.82, 2.24) is 5.32 Å². The van der Waals surface area contributed by atoms with Crippen molar-refractivity contribution >= 4 is 5.91 Å². The van der Waals surface area contributed by atoms with Gasteiger partial charge in [-0.25, -0.2) is 0 Å². The van der Waals surface area contributed by atoms with Crippen molar-refractivity contribution in [3.63, 3.8) is 0 Å². The number of aliphatic hydroxyl groups excluding tert-OH is 2. The molecule has 384 valence electrons. The molecular formula is C64H105NO3. The van der Waals surface area contributed by atoms with E-state index in [-0.39, 0.29) is 12.5 Å². The van der Waals surface area contributed by atoms with Crippen molar-refractivity contribution in [3.8, 4) is 0 Å². The highest BCUT2D eigenvalue weighted by Crippen LogP contribution is 2.15. The first kappa shape index (κ1) is 64.3. The molecule has 0 spiro atoms. The predicted octanol–water partition coefficient (Wildman–Crippen LogP) is 18.8. The lowest BCUT2D eigenvalue weighted by atomic mass is 10.0. The molecule has 0 bridgehead atoms. The third kappa shape index (κ3) is 53.2. The molecule has 0 radical (unpaired) electrons. The lowest BCUT2D eigenvalue weighted by molar-refractivity contribution is -0.123. The van der Waals surface area contributed by atoms with Crippen molar-refractivity contribution in [1.29, 1.82) is 0 Å². The number of allylic oxidation sites excluding steroid dienone is 23. The van der Waals surface area contributed by atoms with Crippen LogP contribution in [0.3, 0.4) is 0 Å². The Bertz CT molecular complexity index is 1430. The maximum atomic E-state index is 12.5. The molecular weight excluding hydrogens is 831 g/mol. The molecule has 0 aromatic carbocycles. The molecule has 0 aromatic rings.